The molecular weight excluding hydrogens is 296 g/mol. The quantitative estimate of drug-likeness (QED) is 0.860. The average Bonchev–Trinajstić information content (AvgIpc) is 2.91. The summed E-state index contributed by atoms with van der Waals surface area (Å²) >= 11 is 1.71. The van der Waals surface area contributed by atoms with Crippen molar-refractivity contribution in [1.82, 2.24) is 9.80 Å². The minimum Gasteiger partial charge on any atom is -0.384 e. The lowest BCUT2D eigenvalue weighted by Gasteiger charge is -2.38. The highest BCUT2D eigenvalue weighted by Crippen LogP contribution is 2.28. The second kappa shape index (κ2) is 7.28. The number of piperazine rings is 1. The van der Waals surface area contributed by atoms with Crippen LogP contribution in [0.5, 0.6) is 0 Å². The molecule has 1 aromatic heterocycles. The van der Waals surface area contributed by atoms with Gasteiger partial charge < -0.3 is 10.0 Å². The van der Waals surface area contributed by atoms with E-state index in [4.69, 9.17) is 5.11 Å². The minimum atomic E-state index is -0.0951. The summed E-state index contributed by atoms with van der Waals surface area (Å²) in [6, 6.07) is 2.10. The summed E-state index contributed by atoms with van der Waals surface area (Å²) in [5, 5.41) is 10.8. The first-order valence-corrected chi connectivity index (χ1v) is 8.82. The molecule has 1 saturated heterocycles. The fourth-order valence-corrected chi connectivity index (χ4v) is 3.79. The summed E-state index contributed by atoms with van der Waals surface area (Å²) in [4.78, 5) is 18.0. The second-order valence-electron chi connectivity index (χ2n) is 5.99. The number of nitrogens with zero attached hydrogens (tertiary/aromatic N) is 2. The Balaban J connectivity index is 1.47. The van der Waals surface area contributed by atoms with Crippen molar-refractivity contribution in [3.8, 4) is 11.8 Å². The third-order valence-corrected chi connectivity index (χ3v) is 5.40. The van der Waals surface area contributed by atoms with E-state index in [0.717, 1.165) is 51.1 Å². The third kappa shape index (κ3) is 3.70. The number of amides is 1. The van der Waals surface area contributed by atoms with Crippen LogP contribution in [0, 0.1) is 17.8 Å². The lowest BCUT2D eigenvalue weighted by atomic mass is 9.84. The SMILES string of the molecule is O=C(C1CCC1)N1CCN(Cc2cc(C#CCO)cs2)CC1. The Kier molecular flexibility index (Phi) is 5.14. The van der Waals surface area contributed by atoms with Gasteiger partial charge in [-0.3, -0.25) is 9.69 Å². The molecule has 1 saturated carbocycles. The molecule has 118 valence electrons. The first-order chi connectivity index (χ1) is 10.8. The van der Waals surface area contributed by atoms with Crippen LogP contribution in [0.15, 0.2) is 11.4 Å². The van der Waals surface area contributed by atoms with E-state index in [-0.39, 0.29) is 6.61 Å². The Morgan fingerprint density at radius 3 is 2.73 bits per heavy atom. The van der Waals surface area contributed by atoms with Crippen LogP contribution < -0.4 is 0 Å². The van der Waals surface area contributed by atoms with Gasteiger partial charge in [-0.25, -0.2) is 0 Å². The van der Waals surface area contributed by atoms with Crippen LogP contribution >= 0.6 is 11.3 Å². The molecule has 1 aliphatic carbocycles. The van der Waals surface area contributed by atoms with Gasteiger partial charge in [-0.15, -0.1) is 11.3 Å². The van der Waals surface area contributed by atoms with Gasteiger partial charge in [-0.1, -0.05) is 18.3 Å². The molecule has 0 bridgehead atoms. The van der Waals surface area contributed by atoms with Crippen LogP contribution in [0.1, 0.15) is 29.7 Å². The zero-order valence-electron chi connectivity index (χ0n) is 12.8. The Hall–Kier alpha value is -1.35. The first kappa shape index (κ1) is 15.5. The number of thiophene rings is 1. The smallest absolute Gasteiger partial charge is 0.225 e. The summed E-state index contributed by atoms with van der Waals surface area (Å²) < 4.78 is 0. The molecule has 22 heavy (non-hydrogen) atoms. The molecule has 0 atom stereocenters. The first-order valence-electron chi connectivity index (χ1n) is 7.94. The maximum absolute atomic E-state index is 12.2. The summed E-state index contributed by atoms with van der Waals surface area (Å²) in [6.07, 6.45) is 3.40. The summed E-state index contributed by atoms with van der Waals surface area (Å²) in [5.74, 6) is 6.31. The third-order valence-electron chi connectivity index (χ3n) is 4.48. The van der Waals surface area contributed by atoms with Crippen molar-refractivity contribution >= 4 is 17.2 Å². The monoisotopic (exact) mass is 318 g/mol. The van der Waals surface area contributed by atoms with Crippen LogP contribution in [0.4, 0.5) is 0 Å². The maximum Gasteiger partial charge on any atom is 0.225 e. The van der Waals surface area contributed by atoms with E-state index in [1.54, 1.807) is 11.3 Å². The average molecular weight is 318 g/mol. The topological polar surface area (TPSA) is 43.8 Å². The fraction of sp³-hybridized carbons (Fsp3) is 0.588. The lowest BCUT2D eigenvalue weighted by molar-refractivity contribution is -0.140. The van der Waals surface area contributed by atoms with Crippen LogP contribution in [0.3, 0.4) is 0 Å². The number of carbonyl (C=O) groups is 1. The zero-order valence-corrected chi connectivity index (χ0v) is 13.6. The number of hydrogen-bond donors (Lipinski definition) is 1. The number of aliphatic hydroxyl groups is 1. The normalized spacial score (nSPS) is 19.4. The maximum atomic E-state index is 12.2. The second-order valence-corrected chi connectivity index (χ2v) is 6.99. The van der Waals surface area contributed by atoms with Gasteiger partial charge in [-0.2, -0.15) is 0 Å². The van der Waals surface area contributed by atoms with Crippen molar-refractivity contribution < 1.29 is 9.90 Å². The van der Waals surface area contributed by atoms with Crippen molar-refractivity contribution in [2.24, 2.45) is 5.92 Å². The zero-order chi connectivity index (χ0) is 15.4. The fourth-order valence-electron chi connectivity index (χ4n) is 2.93. The molecule has 2 heterocycles. The number of rotatable bonds is 3. The summed E-state index contributed by atoms with van der Waals surface area (Å²) in [5.41, 5.74) is 0.979. The van der Waals surface area contributed by atoms with Gasteiger partial charge in [0.05, 0.1) is 0 Å². The van der Waals surface area contributed by atoms with Crippen LogP contribution in [0.2, 0.25) is 0 Å². The highest BCUT2D eigenvalue weighted by molar-refractivity contribution is 7.10. The largest absolute Gasteiger partial charge is 0.384 e. The Morgan fingerprint density at radius 2 is 2.09 bits per heavy atom. The molecule has 1 aromatic rings. The highest BCUT2D eigenvalue weighted by Gasteiger charge is 2.31. The van der Waals surface area contributed by atoms with Crippen LogP contribution in [-0.4, -0.2) is 53.6 Å². The Labute approximate surface area is 135 Å². The van der Waals surface area contributed by atoms with Gasteiger partial charge in [0.15, 0.2) is 0 Å². The Morgan fingerprint density at radius 1 is 1.32 bits per heavy atom. The molecule has 0 unspecified atom stereocenters. The van der Waals surface area contributed by atoms with Gasteiger partial charge in [0.1, 0.15) is 6.61 Å². The molecular formula is C17H22N2O2S. The summed E-state index contributed by atoms with van der Waals surface area (Å²) in [6.45, 7) is 4.46. The number of aliphatic hydroxyl groups excluding tert-OH is 1. The molecule has 1 aliphatic heterocycles. The van der Waals surface area contributed by atoms with Crippen molar-refractivity contribution in [3.05, 3.63) is 21.9 Å². The van der Waals surface area contributed by atoms with E-state index in [2.05, 4.69) is 22.8 Å². The predicted molar refractivity (Wildman–Crippen MR) is 87.5 cm³/mol. The number of hydrogen-bond acceptors (Lipinski definition) is 4. The predicted octanol–water partition coefficient (Wildman–Crippen LogP) is 1.54. The lowest BCUT2D eigenvalue weighted by Crippen LogP contribution is -2.50. The molecule has 0 spiro atoms. The molecule has 2 fully saturated rings. The van der Waals surface area contributed by atoms with E-state index in [1.807, 2.05) is 10.3 Å². The van der Waals surface area contributed by atoms with E-state index in [1.165, 1.54) is 11.3 Å². The number of carbonyl (C=O) groups excluding carboxylic acids is 1. The van der Waals surface area contributed by atoms with Gasteiger partial charge in [0.25, 0.3) is 0 Å². The molecule has 2 aliphatic rings. The highest BCUT2D eigenvalue weighted by atomic mass is 32.1. The molecule has 3 rings (SSSR count). The van der Waals surface area contributed by atoms with Crippen LogP contribution in [0.25, 0.3) is 0 Å². The van der Waals surface area contributed by atoms with Crippen molar-refractivity contribution in [1.29, 1.82) is 0 Å². The van der Waals surface area contributed by atoms with Gasteiger partial charge in [0.2, 0.25) is 5.91 Å². The van der Waals surface area contributed by atoms with Crippen molar-refractivity contribution in [3.63, 3.8) is 0 Å². The molecule has 0 aromatic carbocycles. The van der Waals surface area contributed by atoms with E-state index < -0.39 is 0 Å². The van der Waals surface area contributed by atoms with E-state index in [9.17, 15) is 4.79 Å². The summed E-state index contributed by atoms with van der Waals surface area (Å²) in [7, 11) is 0. The van der Waals surface area contributed by atoms with Gasteiger partial charge in [0, 0.05) is 54.5 Å². The Bertz CT molecular complexity index is 575. The minimum absolute atomic E-state index is 0.0951. The van der Waals surface area contributed by atoms with Crippen molar-refractivity contribution in [2.75, 3.05) is 32.8 Å². The standard InChI is InChI=1S/C17H22N2O2S/c20-10-2-3-14-11-16(22-13-14)12-18-6-8-19(9-7-18)17(21)15-4-1-5-15/h11,13,15,20H,1,4-10,12H2. The van der Waals surface area contributed by atoms with Gasteiger partial charge >= 0.3 is 0 Å². The van der Waals surface area contributed by atoms with Gasteiger partial charge in [-0.05, 0) is 18.9 Å². The molecule has 1 amide bonds. The molecule has 0 radical (unpaired) electrons. The molecule has 1 N–H and O–H groups in total. The molecule has 4 nitrogen and oxygen atoms in total. The van der Waals surface area contributed by atoms with E-state index >= 15 is 0 Å². The molecule has 5 heteroatoms. The van der Waals surface area contributed by atoms with Crippen molar-refractivity contribution in [2.45, 2.75) is 25.8 Å². The van der Waals surface area contributed by atoms with Crippen LogP contribution in [-0.2, 0) is 11.3 Å². The van der Waals surface area contributed by atoms with E-state index in [0.29, 0.717) is 11.8 Å².